The zero-order valence-electron chi connectivity index (χ0n) is 12.3. The maximum atomic E-state index is 13.2. The number of methoxy groups -OCH3 is 1. The first-order valence-corrected chi connectivity index (χ1v) is 7.31. The summed E-state index contributed by atoms with van der Waals surface area (Å²) in [5.74, 6) is -0.500. The van der Waals surface area contributed by atoms with Crippen molar-refractivity contribution < 1.29 is 13.9 Å². The van der Waals surface area contributed by atoms with E-state index in [1.54, 1.807) is 18.3 Å². The summed E-state index contributed by atoms with van der Waals surface area (Å²) in [6.45, 7) is 0.408. The van der Waals surface area contributed by atoms with Crippen molar-refractivity contribution in [3.05, 3.63) is 58.5 Å². The molecular formula is C16H13ClFN3O2. The third-order valence-electron chi connectivity index (χ3n) is 3.47. The number of aromatic nitrogens is 1. The molecule has 1 aliphatic heterocycles. The normalized spacial score (nSPS) is 13.9. The maximum absolute atomic E-state index is 13.2. The van der Waals surface area contributed by atoms with E-state index in [4.69, 9.17) is 16.3 Å². The van der Waals surface area contributed by atoms with E-state index >= 15 is 0 Å². The number of rotatable bonds is 3. The Hall–Kier alpha value is -2.47. The Bertz CT molecular complexity index is 795. The average molecular weight is 334 g/mol. The summed E-state index contributed by atoms with van der Waals surface area (Å²) in [6.07, 6.45) is 2.12. The summed E-state index contributed by atoms with van der Waals surface area (Å²) in [5.41, 5.74) is 1.60. The molecule has 0 aliphatic carbocycles. The molecule has 0 atom stereocenters. The Labute approximate surface area is 137 Å². The molecule has 1 aromatic heterocycles. The van der Waals surface area contributed by atoms with E-state index in [9.17, 15) is 9.18 Å². The molecule has 118 valence electrons. The Morgan fingerprint density at radius 1 is 1.39 bits per heavy atom. The van der Waals surface area contributed by atoms with Crippen LogP contribution in [0, 0.1) is 5.82 Å². The van der Waals surface area contributed by atoms with E-state index in [2.05, 4.69) is 10.1 Å². The lowest BCUT2D eigenvalue weighted by atomic mass is 10.1. The van der Waals surface area contributed by atoms with E-state index in [1.165, 1.54) is 30.3 Å². The number of benzene rings is 1. The van der Waals surface area contributed by atoms with Crippen molar-refractivity contribution in [1.82, 2.24) is 9.99 Å². The van der Waals surface area contributed by atoms with Crippen LogP contribution in [0.2, 0.25) is 5.02 Å². The predicted molar refractivity (Wildman–Crippen MR) is 84.4 cm³/mol. The number of amides is 1. The molecule has 1 amide bonds. The fourth-order valence-electron chi connectivity index (χ4n) is 2.35. The molecule has 23 heavy (non-hydrogen) atoms. The summed E-state index contributed by atoms with van der Waals surface area (Å²) in [7, 11) is 1.48. The molecule has 5 nitrogen and oxygen atoms in total. The van der Waals surface area contributed by atoms with Crippen molar-refractivity contribution in [1.29, 1.82) is 0 Å². The van der Waals surface area contributed by atoms with Gasteiger partial charge in [0, 0.05) is 23.7 Å². The van der Waals surface area contributed by atoms with Gasteiger partial charge in [0.25, 0.3) is 5.91 Å². The van der Waals surface area contributed by atoms with Gasteiger partial charge in [-0.3, -0.25) is 4.79 Å². The number of pyridine rings is 1. The predicted octanol–water partition coefficient (Wildman–Crippen LogP) is 3.13. The van der Waals surface area contributed by atoms with E-state index in [0.29, 0.717) is 35.1 Å². The van der Waals surface area contributed by atoms with Gasteiger partial charge in [0.15, 0.2) is 0 Å². The quantitative estimate of drug-likeness (QED) is 0.867. The number of hydrazone groups is 1. The van der Waals surface area contributed by atoms with Crippen molar-refractivity contribution in [3.8, 4) is 5.88 Å². The highest BCUT2D eigenvalue weighted by atomic mass is 35.5. The first kappa shape index (κ1) is 15.4. The van der Waals surface area contributed by atoms with E-state index < -0.39 is 5.82 Å². The van der Waals surface area contributed by atoms with Crippen LogP contribution in [-0.2, 0) is 0 Å². The standard InChI is InChI=1S/C16H13ClFN3O2/c1-23-15-14(17)12(5-7-19-15)13-6-8-21(20-13)16(22)10-3-2-4-11(18)9-10/h2-5,7,9H,6,8H2,1H3. The SMILES string of the molecule is COc1nccc(C2=NN(C(=O)c3cccc(F)c3)CC2)c1Cl. The fraction of sp³-hybridized carbons (Fsp3) is 0.188. The van der Waals surface area contributed by atoms with Crippen molar-refractivity contribution in [3.63, 3.8) is 0 Å². The van der Waals surface area contributed by atoms with Crippen LogP contribution in [0.5, 0.6) is 5.88 Å². The summed E-state index contributed by atoms with van der Waals surface area (Å²) in [5, 5.41) is 5.98. The number of hydrogen-bond acceptors (Lipinski definition) is 4. The van der Waals surface area contributed by atoms with Crippen LogP contribution in [0.4, 0.5) is 4.39 Å². The molecular weight excluding hydrogens is 321 g/mol. The minimum atomic E-state index is -0.457. The molecule has 0 N–H and O–H groups in total. The van der Waals surface area contributed by atoms with Crippen LogP contribution >= 0.6 is 11.6 Å². The van der Waals surface area contributed by atoms with Crippen molar-refractivity contribution in [2.45, 2.75) is 6.42 Å². The number of ether oxygens (including phenoxy) is 1. The summed E-state index contributed by atoms with van der Waals surface area (Å²) in [4.78, 5) is 16.4. The second-order valence-electron chi connectivity index (χ2n) is 4.92. The van der Waals surface area contributed by atoms with Gasteiger partial charge in [-0.25, -0.2) is 14.4 Å². The van der Waals surface area contributed by atoms with Crippen molar-refractivity contribution >= 4 is 23.2 Å². The van der Waals surface area contributed by atoms with E-state index in [0.717, 1.165) is 0 Å². The molecule has 0 unspecified atom stereocenters. The summed E-state index contributed by atoms with van der Waals surface area (Å²) in [6, 6.07) is 7.26. The van der Waals surface area contributed by atoms with Crippen LogP contribution in [-0.4, -0.2) is 35.3 Å². The molecule has 3 rings (SSSR count). The molecule has 7 heteroatoms. The third-order valence-corrected chi connectivity index (χ3v) is 3.83. The molecule has 0 radical (unpaired) electrons. The molecule has 0 spiro atoms. The summed E-state index contributed by atoms with van der Waals surface area (Å²) < 4.78 is 18.3. The lowest BCUT2D eigenvalue weighted by Crippen LogP contribution is -2.23. The zero-order chi connectivity index (χ0) is 16.4. The van der Waals surface area contributed by atoms with Gasteiger partial charge < -0.3 is 4.74 Å². The molecule has 2 aromatic rings. The van der Waals surface area contributed by atoms with Gasteiger partial charge in [0.05, 0.1) is 19.4 Å². The largest absolute Gasteiger partial charge is 0.480 e. The van der Waals surface area contributed by atoms with Gasteiger partial charge in [-0.05, 0) is 24.3 Å². The van der Waals surface area contributed by atoms with Crippen LogP contribution in [0.25, 0.3) is 0 Å². The van der Waals surface area contributed by atoms with E-state index in [-0.39, 0.29) is 11.5 Å². The number of hydrogen-bond donors (Lipinski definition) is 0. The monoisotopic (exact) mass is 333 g/mol. The van der Waals surface area contributed by atoms with Crippen LogP contribution < -0.4 is 4.74 Å². The molecule has 1 aromatic carbocycles. The van der Waals surface area contributed by atoms with Crippen LogP contribution in [0.15, 0.2) is 41.6 Å². The number of carbonyl (C=O) groups excluding carboxylic acids is 1. The molecule has 0 saturated heterocycles. The maximum Gasteiger partial charge on any atom is 0.274 e. The van der Waals surface area contributed by atoms with Crippen LogP contribution in [0.1, 0.15) is 22.3 Å². The minimum Gasteiger partial charge on any atom is -0.480 e. The van der Waals surface area contributed by atoms with Gasteiger partial charge in [-0.2, -0.15) is 5.10 Å². The number of carbonyl (C=O) groups is 1. The first-order chi connectivity index (χ1) is 11.1. The minimum absolute atomic E-state index is 0.258. The van der Waals surface area contributed by atoms with Gasteiger partial charge in [-0.1, -0.05) is 17.7 Å². The number of nitrogens with zero attached hydrogens (tertiary/aromatic N) is 3. The Balaban J connectivity index is 1.88. The van der Waals surface area contributed by atoms with Gasteiger partial charge in [0.2, 0.25) is 5.88 Å². The topological polar surface area (TPSA) is 54.8 Å². The van der Waals surface area contributed by atoms with Crippen LogP contribution in [0.3, 0.4) is 0 Å². The fourth-order valence-corrected chi connectivity index (χ4v) is 2.65. The zero-order valence-corrected chi connectivity index (χ0v) is 13.0. The van der Waals surface area contributed by atoms with Crippen molar-refractivity contribution in [2.24, 2.45) is 5.10 Å². The Kier molecular flexibility index (Phi) is 4.25. The highest BCUT2D eigenvalue weighted by Gasteiger charge is 2.25. The molecule has 0 bridgehead atoms. The third kappa shape index (κ3) is 3.03. The summed E-state index contributed by atoms with van der Waals surface area (Å²) >= 11 is 6.23. The van der Waals surface area contributed by atoms with Crippen molar-refractivity contribution in [2.75, 3.05) is 13.7 Å². The van der Waals surface area contributed by atoms with Gasteiger partial charge >= 0.3 is 0 Å². The second kappa shape index (κ2) is 6.34. The second-order valence-corrected chi connectivity index (χ2v) is 5.30. The molecule has 2 heterocycles. The van der Waals surface area contributed by atoms with Gasteiger partial charge in [-0.15, -0.1) is 0 Å². The highest BCUT2D eigenvalue weighted by Crippen LogP contribution is 2.28. The number of halogens is 2. The van der Waals surface area contributed by atoms with E-state index in [1.807, 2.05) is 0 Å². The molecule has 0 saturated carbocycles. The lowest BCUT2D eigenvalue weighted by molar-refractivity contribution is 0.0778. The highest BCUT2D eigenvalue weighted by molar-refractivity contribution is 6.35. The lowest BCUT2D eigenvalue weighted by Gasteiger charge is -2.11. The average Bonchev–Trinajstić information content (AvgIpc) is 3.04. The molecule has 0 fully saturated rings. The Morgan fingerprint density at radius 2 is 2.22 bits per heavy atom. The Morgan fingerprint density at radius 3 is 2.96 bits per heavy atom. The smallest absolute Gasteiger partial charge is 0.274 e. The van der Waals surface area contributed by atoms with Gasteiger partial charge in [0.1, 0.15) is 10.8 Å². The first-order valence-electron chi connectivity index (χ1n) is 6.94. The molecule has 1 aliphatic rings.